The number of nitrogens with one attached hydrogen (secondary N) is 1. The van der Waals surface area contributed by atoms with E-state index in [4.69, 9.17) is 9.47 Å². The molecule has 3 heterocycles. The zero-order chi connectivity index (χ0) is 17.9. The molecule has 138 valence electrons. The van der Waals surface area contributed by atoms with Gasteiger partial charge in [0, 0.05) is 30.8 Å². The molecule has 1 amide bonds. The predicted octanol–water partition coefficient (Wildman–Crippen LogP) is 2.21. The third-order valence-corrected chi connectivity index (χ3v) is 5.16. The number of amides is 1. The molecule has 0 radical (unpaired) electrons. The number of carbonyl (C=O) groups excluding carboxylic acids is 1. The van der Waals surface area contributed by atoms with Crippen molar-refractivity contribution in [2.24, 2.45) is 0 Å². The zero-order valence-electron chi connectivity index (χ0n) is 14.8. The van der Waals surface area contributed by atoms with E-state index in [1.165, 1.54) is 0 Å². The van der Waals surface area contributed by atoms with E-state index >= 15 is 0 Å². The van der Waals surface area contributed by atoms with Gasteiger partial charge >= 0.3 is 0 Å². The van der Waals surface area contributed by atoms with Crippen molar-refractivity contribution < 1.29 is 14.3 Å². The van der Waals surface area contributed by atoms with Crippen molar-refractivity contribution in [3.8, 4) is 0 Å². The molecule has 2 atom stereocenters. The molecule has 26 heavy (non-hydrogen) atoms. The quantitative estimate of drug-likeness (QED) is 0.892. The number of aromatic nitrogens is 1. The number of pyridine rings is 1. The summed E-state index contributed by atoms with van der Waals surface area (Å²) in [5, 5.41) is 0.962. The Morgan fingerprint density at radius 3 is 2.73 bits per heavy atom. The van der Waals surface area contributed by atoms with Gasteiger partial charge in [-0.3, -0.25) is 9.59 Å². The number of hydrogen-bond acceptors (Lipinski definition) is 4. The molecule has 0 spiro atoms. The maximum atomic E-state index is 12.9. The van der Waals surface area contributed by atoms with Crippen molar-refractivity contribution in [2.45, 2.75) is 44.4 Å². The minimum atomic E-state index is -0.393. The van der Waals surface area contributed by atoms with E-state index < -0.39 is 6.10 Å². The maximum Gasteiger partial charge on any atom is 0.253 e. The number of rotatable bonds is 5. The number of aromatic amines is 1. The second-order valence-corrected chi connectivity index (χ2v) is 7.07. The Morgan fingerprint density at radius 1 is 1.15 bits per heavy atom. The van der Waals surface area contributed by atoms with E-state index in [0.29, 0.717) is 18.7 Å². The van der Waals surface area contributed by atoms with Crippen LogP contribution in [-0.2, 0) is 20.8 Å². The van der Waals surface area contributed by atoms with Crippen LogP contribution in [0.15, 0.2) is 35.1 Å². The Bertz CT molecular complexity index is 835. The summed E-state index contributed by atoms with van der Waals surface area (Å²) in [5.74, 6) is -0.0365. The number of hydrogen-bond donors (Lipinski definition) is 1. The van der Waals surface area contributed by atoms with Gasteiger partial charge < -0.3 is 19.4 Å². The third-order valence-electron chi connectivity index (χ3n) is 5.16. The Labute approximate surface area is 152 Å². The average Bonchev–Trinajstić information content (AvgIpc) is 3.35. The molecule has 6 nitrogen and oxygen atoms in total. The molecule has 1 aromatic heterocycles. The number of ether oxygens (including phenoxy) is 2. The summed E-state index contributed by atoms with van der Waals surface area (Å²) < 4.78 is 11.3. The van der Waals surface area contributed by atoms with Crippen molar-refractivity contribution in [3.05, 3.63) is 46.2 Å². The Morgan fingerprint density at radius 2 is 1.96 bits per heavy atom. The first-order valence-electron chi connectivity index (χ1n) is 9.33. The maximum absolute atomic E-state index is 12.9. The van der Waals surface area contributed by atoms with Crippen LogP contribution < -0.4 is 5.56 Å². The van der Waals surface area contributed by atoms with E-state index in [1.807, 2.05) is 30.3 Å². The number of para-hydroxylation sites is 1. The van der Waals surface area contributed by atoms with Crippen LogP contribution in [0, 0.1) is 0 Å². The third kappa shape index (κ3) is 3.66. The van der Waals surface area contributed by atoms with Gasteiger partial charge in [-0.25, -0.2) is 0 Å². The second kappa shape index (κ2) is 7.60. The first-order chi connectivity index (χ1) is 12.7. The summed E-state index contributed by atoms with van der Waals surface area (Å²) in [6, 6.07) is 9.54. The minimum absolute atomic E-state index is 0.0365. The molecule has 2 fully saturated rings. The average molecular weight is 356 g/mol. The molecule has 4 rings (SSSR count). The van der Waals surface area contributed by atoms with Crippen LogP contribution in [0.25, 0.3) is 10.9 Å². The lowest BCUT2D eigenvalue weighted by atomic mass is 10.1. The lowest BCUT2D eigenvalue weighted by molar-refractivity contribution is -0.143. The normalized spacial score (nSPS) is 22.8. The first kappa shape index (κ1) is 17.2. The molecule has 0 saturated carbocycles. The summed E-state index contributed by atoms with van der Waals surface area (Å²) in [6.45, 7) is 2.15. The molecule has 2 saturated heterocycles. The van der Waals surface area contributed by atoms with E-state index in [1.54, 1.807) is 4.90 Å². The topological polar surface area (TPSA) is 71.6 Å². The molecular weight excluding hydrogens is 332 g/mol. The van der Waals surface area contributed by atoms with E-state index in [9.17, 15) is 9.59 Å². The highest BCUT2D eigenvalue weighted by Gasteiger charge is 2.31. The van der Waals surface area contributed by atoms with Gasteiger partial charge in [0.15, 0.2) is 0 Å². The molecule has 2 aliphatic heterocycles. The zero-order valence-corrected chi connectivity index (χ0v) is 14.8. The van der Waals surface area contributed by atoms with Gasteiger partial charge in [-0.1, -0.05) is 18.2 Å². The largest absolute Gasteiger partial charge is 0.376 e. The first-order valence-corrected chi connectivity index (χ1v) is 9.33. The summed E-state index contributed by atoms with van der Waals surface area (Å²) in [7, 11) is 0. The van der Waals surface area contributed by atoms with Gasteiger partial charge in [0.25, 0.3) is 11.5 Å². The number of nitrogens with zero attached hydrogens (tertiary/aromatic N) is 1. The molecule has 6 heteroatoms. The highest BCUT2D eigenvalue weighted by atomic mass is 16.5. The Hall–Kier alpha value is -2.18. The van der Waals surface area contributed by atoms with Gasteiger partial charge in [-0.05, 0) is 43.2 Å². The van der Waals surface area contributed by atoms with Crippen LogP contribution in [0.3, 0.4) is 0 Å². The molecule has 0 aliphatic carbocycles. The van der Waals surface area contributed by atoms with Crippen LogP contribution >= 0.6 is 0 Å². The number of H-pyrrole nitrogens is 1. The number of benzene rings is 1. The smallest absolute Gasteiger partial charge is 0.253 e. The van der Waals surface area contributed by atoms with Gasteiger partial charge in [-0.15, -0.1) is 0 Å². The predicted molar refractivity (Wildman–Crippen MR) is 97.9 cm³/mol. The van der Waals surface area contributed by atoms with Crippen molar-refractivity contribution in [1.29, 1.82) is 0 Å². The summed E-state index contributed by atoms with van der Waals surface area (Å²) in [5.41, 5.74) is 1.24. The fourth-order valence-electron chi connectivity index (χ4n) is 3.76. The second-order valence-electron chi connectivity index (χ2n) is 7.07. The van der Waals surface area contributed by atoms with Crippen molar-refractivity contribution in [2.75, 3.05) is 19.8 Å². The van der Waals surface area contributed by atoms with Gasteiger partial charge in [0.05, 0.1) is 12.6 Å². The SMILES string of the molecule is O=C([C@H]1CCCO1)N(Cc1cc2ccccc2[nH]c1=O)C[C@@H]1CCCO1. The van der Waals surface area contributed by atoms with E-state index in [2.05, 4.69) is 4.98 Å². The summed E-state index contributed by atoms with van der Waals surface area (Å²) >= 11 is 0. The van der Waals surface area contributed by atoms with Gasteiger partial charge in [-0.2, -0.15) is 0 Å². The number of fused-ring (bicyclic) bond motifs is 1. The lowest BCUT2D eigenvalue weighted by Crippen LogP contribution is -2.43. The molecule has 2 aromatic rings. The van der Waals surface area contributed by atoms with E-state index in [0.717, 1.165) is 43.2 Å². The highest BCUT2D eigenvalue weighted by Crippen LogP contribution is 2.20. The summed E-state index contributed by atoms with van der Waals surface area (Å²) in [6.07, 6.45) is 3.26. The molecule has 1 aromatic carbocycles. The van der Waals surface area contributed by atoms with Crippen LogP contribution in [0.2, 0.25) is 0 Å². The molecular formula is C20H24N2O4. The van der Waals surface area contributed by atoms with Gasteiger partial charge in [0.1, 0.15) is 6.10 Å². The minimum Gasteiger partial charge on any atom is -0.376 e. The van der Waals surface area contributed by atoms with Crippen molar-refractivity contribution in [3.63, 3.8) is 0 Å². The molecule has 0 unspecified atom stereocenters. The van der Waals surface area contributed by atoms with Crippen molar-refractivity contribution >= 4 is 16.8 Å². The van der Waals surface area contributed by atoms with Crippen LogP contribution in [0.1, 0.15) is 31.2 Å². The van der Waals surface area contributed by atoms with E-state index in [-0.39, 0.29) is 24.1 Å². The fourth-order valence-corrected chi connectivity index (χ4v) is 3.76. The highest BCUT2D eigenvalue weighted by molar-refractivity contribution is 5.82. The molecule has 0 bridgehead atoms. The van der Waals surface area contributed by atoms with Crippen LogP contribution in [0.5, 0.6) is 0 Å². The lowest BCUT2D eigenvalue weighted by Gasteiger charge is -2.27. The Kier molecular flexibility index (Phi) is 5.04. The monoisotopic (exact) mass is 356 g/mol. The fraction of sp³-hybridized carbons (Fsp3) is 0.500. The molecule has 2 aliphatic rings. The molecule has 1 N–H and O–H groups in total. The number of carbonyl (C=O) groups is 1. The van der Waals surface area contributed by atoms with Gasteiger partial charge in [0.2, 0.25) is 0 Å². The Balaban J connectivity index is 1.59. The standard InChI is InChI=1S/C20H24N2O4/c23-19-15(11-14-5-1-2-7-17(14)21-19)12-22(13-16-6-3-9-25-16)20(24)18-8-4-10-26-18/h1-2,5,7,11,16,18H,3-4,6,8-10,12-13H2,(H,21,23)/t16-,18+/m0/s1. The van der Waals surface area contributed by atoms with Crippen molar-refractivity contribution in [1.82, 2.24) is 9.88 Å². The van der Waals surface area contributed by atoms with Crippen LogP contribution in [-0.4, -0.2) is 47.8 Å². The van der Waals surface area contributed by atoms with Crippen LogP contribution in [0.4, 0.5) is 0 Å². The summed E-state index contributed by atoms with van der Waals surface area (Å²) in [4.78, 5) is 30.1.